The first-order chi connectivity index (χ1) is 13.5. The second kappa shape index (κ2) is 5.77. The quantitative estimate of drug-likeness (QED) is 0.813. The molecular formula is C21H14N4O3. The number of rotatable bonds is 2. The summed E-state index contributed by atoms with van der Waals surface area (Å²) in [6, 6.07) is 19.0. The van der Waals surface area contributed by atoms with Crippen LogP contribution in [0.15, 0.2) is 59.6 Å². The van der Waals surface area contributed by atoms with E-state index in [-0.39, 0.29) is 0 Å². The summed E-state index contributed by atoms with van der Waals surface area (Å²) < 4.78 is 5.07. The highest BCUT2D eigenvalue weighted by Gasteiger charge is 2.79. The second-order valence-electron chi connectivity index (χ2n) is 6.61. The van der Waals surface area contributed by atoms with E-state index in [1.165, 1.54) is 7.11 Å². The van der Waals surface area contributed by atoms with Crippen LogP contribution in [0.5, 0.6) is 0 Å². The number of nitrogens with one attached hydrogen (secondary N) is 1. The maximum Gasteiger partial charge on any atom is 0.340 e. The second-order valence-corrected chi connectivity index (χ2v) is 6.61. The number of hydrogen-bond acceptors (Lipinski definition) is 6. The first-order valence-corrected chi connectivity index (χ1v) is 8.48. The van der Waals surface area contributed by atoms with Crippen molar-refractivity contribution in [3.63, 3.8) is 0 Å². The summed E-state index contributed by atoms with van der Waals surface area (Å²) in [5, 5.41) is 22.8. The van der Waals surface area contributed by atoms with Gasteiger partial charge in [0.05, 0.1) is 19.2 Å². The molecule has 2 aliphatic rings. The van der Waals surface area contributed by atoms with Crippen LogP contribution in [-0.2, 0) is 25.3 Å². The van der Waals surface area contributed by atoms with Crippen LogP contribution < -0.4 is 5.32 Å². The van der Waals surface area contributed by atoms with Crippen LogP contribution in [0.25, 0.3) is 0 Å². The van der Waals surface area contributed by atoms with E-state index in [1.807, 2.05) is 12.1 Å². The number of carbonyl (C=O) groups is 2. The molecular weight excluding hydrogens is 356 g/mol. The van der Waals surface area contributed by atoms with Crippen molar-refractivity contribution < 1.29 is 14.3 Å². The molecule has 1 amide bonds. The molecule has 2 heterocycles. The van der Waals surface area contributed by atoms with Gasteiger partial charge in [0.1, 0.15) is 0 Å². The highest BCUT2D eigenvalue weighted by atomic mass is 16.5. The van der Waals surface area contributed by atoms with Gasteiger partial charge in [0.2, 0.25) is 11.4 Å². The minimum absolute atomic E-state index is 0.356. The number of benzene rings is 2. The maximum absolute atomic E-state index is 13.5. The monoisotopic (exact) mass is 370 g/mol. The lowest BCUT2D eigenvalue weighted by atomic mass is 9.53. The lowest BCUT2D eigenvalue weighted by molar-refractivity contribution is -0.153. The van der Waals surface area contributed by atoms with Gasteiger partial charge in [-0.3, -0.25) is 9.79 Å². The Hall–Kier alpha value is -3.97. The van der Waals surface area contributed by atoms with E-state index in [0.29, 0.717) is 16.8 Å². The number of anilines is 1. The first kappa shape index (κ1) is 17.4. The van der Waals surface area contributed by atoms with Gasteiger partial charge in [-0.25, -0.2) is 4.79 Å². The molecule has 0 aromatic heterocycles. The van der Waals surface area contributed by atoms with Crippen LogP contribution in [0.1, 0.15) is 11.1 Å². The van der Waals surface area contributed by atoms with Crippen molar-refractivity contribution >= 4 is 23.8 Å². The number of nitriles is 2. The van der Waals surface area contributed by atoms with Gasteiger partial charge in [-0.15, -0.1) is 0 Å². The van der Waals surface area contributed by atoms with Gasteiger partial charge in [0.15, 0.2) is 10.8 Å². The van der Waals surface area contributed by atoms with Crippen LogP contribution in [-0.4, -0.2) is 25.2 Å². The third-order valence-corrected chi connectivity index (χ3v) is 5.53. The normalized spacial score (nSPS) is 26.2. The number of aliphatic imine (C=N–C) groups is 1. The zero-order valence-corrected chi connectivity index (χ0v) is 14.8. The van der Waals surface area contributed by atoms with Gasteiger partial charge in [-0.05, 0) is 17.2 Å². The molecule has 0 unspecified atom stereocenters. The van der Waals surface area contributed by atoms with E-state index >= 15 is 0 Å². The summed E-state index contributed by atoms with van der Waals surface area (Å²) in [6.07, 6.45) is 1.11. The Morgan fingerprint density at radius 1 is 1.07 bits per heavy atom. The summed E-state index contributed by atoms with van der Waals surface area (Å²) in [5.41, 5.74) is -4.72. The zero-order chi connectivity index (χ0) is 20.0. The van der Waals surface area contributed by atoms with Gasteiger partial charge in [-0.2, -0.15) is 10.5 Å². The predicted molar refractivity (Wildman–Crippen MR) is 99.0 cm³/mol. The average molecular weight is 370 g/mol. The van der Waals surface area contributed by atoms with E-state index in [9.17, 15) is 20.1 Å². The summed E-state index contributed by atoms with van der Waals surface area (Å²) in [6.45, 7) is 0. The highest BCUT2D eigenvalue weighted by molar-refractivity contribution is 6.17. The molecule has 2 aliphatic heterocycles. The number of carbonyl (C=O) groups excluding carboxylic acids is 2. The lowest BCUT2D eigenvalue weighted by Crippen LogP contribution is -2.62. The molecule has 2 aromatic rings. The Kier molecular flexibility index (Phi) is 3.59. The van der Waals surface area contributed by atoms with E-state index < -0.39 is 28.2 Å². The summed E-state index contributed by atoms with van der Waals surface area (Å²) in [4.78, 5) is 31.1. The fourth-order valence-electron chi connectivity index (χ4n) is 4.37. The summed E-state index contributed by atoms with van der Waals surface area (Å²) >= 11 is 0. The Labute approximate surface area is 160 Å². The lowest BCUT2D eigenvalue weighted by Gasteiger charge is -2.42. The van der Waals surface area contributed by atoms with Crippen LogP contribution in [0, 0.1) is 28.1 Å². The number of esters is 1. The minimum Gasteiger partial charge on any atom is -0.467 e. The molecule has 7 heteroatoms. The van der Waals surface area contributed by atoms with E-state index in [4.69, 9.17) is 4.74 Å². The molecule has 0 bridgehead atoms. The molecule has 28 heavy (non-hydrogen) atoms. The average Bonchev–Trinajstić information content (AvgIpc) is 3.23. The van der Waals surface area contributed by atoms with Crippen molar-refractivity contribution in [3.8, 4) is 12.1 Å². The van der Waals surface area contributed by atoms with Gasteiger partial charge >= 0.3 is 5.97 Å². The number of para-hydroxylation sites is 1. The van der Waals surface area contributed by atoms with Gasteiger partial charge in [-0.1, -0.05) is 48.5 Å². The Morgan fingerprint density at radius 2 is 1.71 bits per heavy atom. The number of hydrogen-bond donors (Lipinski definition) is 1. The molecule has 0 saturated heterocycles. The third kappa shape index (κ3) is 1.69. The summed E-state index contributed by atoms with van der Waals surface area (Å²) in [7, 11) is 1.19. The van der Waals surface area contributed by atoms with Crippen molar-refractivity contribution in [2.24, 2.45) is 10.4 Å². The van der Waals surface area contributed by atoms with Crippen LogP contribution in [0.4, 0.5) is 5.69 Å². The standard InChI is InChI=1S/C21H14N4O3/c1-28-18(27)21(14-7-3-2-4-8-14)20(19(11-22,12-23)13-24-21)15-9-5-6-10-16(15)25-17(20)26/h2-10,13H,1H3,(H,25,26)/t20-,21-/m1/s1. The molecule has 2 aromatic carbocycles. The predicted octanol–water partition coefficient (Wildman–Crippen LogP) is 2.06. The Morgan fingerprint density at radius 3 is 2.36 bits per heavy atom. The summed E-state index contributed by atoms with van der Waals surface area (Å²) in [5.74, 6) is -1.47. The maximum atomic E-state index is 13.5. The van der Waals surface area contributed by atoms with Crippen LogP contribution >= 0.6 is 0 Å². The molecule has 0 fully saturated rings. The molecule has 0 saturated carbocycles. The SMILES string of the molecule is COC(=O)[C@@]1(c2ccccc2)N=CC(C#N)(C#N)[C@@]12C(=O)Nc1ccccc12. The molecule has 4 rings (SSSR count). The van der Waals surface area contributed by atoms with Crippen molar-refractivity contribution in [1.29, 1.82) is 10.5 Å². The van der Waals surface area contributed by atoms with Gasteiger partial charge in [0.25, 0.3) is 0 Å². The molecule has 7 nitrogen and oxygen atoms in total. The molecule has 1 spiro atoms. The number of nitrogens with zero attached hydrogens (tertiary/aromatic N) is 3. The van der Waals surface area contributed by atoms with Crippen molar-refractivity contribution in [2.75, 3.05) is 12.4 Å². The number of fused-ring (bicyclic) bond motifs is 2. The molecule has 0 radical (unpaired) electrons. The van der Waals surface area contributed by atoms with Gasteiger partial charge in [0, 0.05) is 11.9 Å². The number of ether oxygens (including phenoxy) is 1. The largest absolute Gasteiger partial charge is 0.467 e. The van der Waals surface area contributed by atoms with Crippen LogP contribution in [0.3, 0.4) is 0 Å². The fraction of sp³-hybridized carbons (Fsp3) is 0.190. The van der Waals surface area contributed by atoms with Crippen molar-refractivity contribution in [2.45, 2.75) is 11.0 Å². The Balaban J connectivity index is 2.22. The molecule has 0 aliphatic carbocycles. The Bertz CT molecular complexity index is 1100. The molecule has 1 N–H and O–H groups in total. The number of amides is 1. The fourth-order valence-corrected chi connectivity index (χ4v) is 4.37. The van der Waals surface area contributed by atoms with Crippen LogP contribution in [0.2, 0.25) is 0 Å². The van der Waals surface area contributed by atoms with E-state index in [0.717, 1.165) is 6.21 Å². The minimum atomic E-state index is -2.01. The molecule has 136 valence electrons. The first-order valence-electron chi connectivity index (χ1n) is 8.48. The zero-order valence-electron chi connectivity index (χ0n) is 14.8. The number of methoxy groups -OCH3 is 1. The van der Waals surface area contributed by atoms with Gasteiger partial charge < -0.3 is 10.1 Å². The highest BCUT2D eigenvalue weighted by Crippen LogP contribution is 2.63. The third-order valence-electron chi connectivity index (χ3n) is 5.53. The van der Waals surface area contributed by atoms with Crippen molar-refractivity contribution in [1.82, 2.24) is 0 Å². The topological polar surface area (TPSA) is 115 Å². The van der Waals surface area contributed by atoms with E-state index in [2.05, 4.69) is 10.3 Å². The van der Waals surface area contributed by atoms with Crippen molar-refractivity contribution in [3.05, 3.63) is 65.7 Å². The smallest absolute Gasteiger partial charge is 0.340 e. The molecule has 2 atom stereocenters. The van der Waals surface area contributed by atoms with E-state index in [1.54, 1.807) is 54.6 Å².